The summed E-state index contributed by atoms with van der Waals surface area (Å²) in [5.41, 5.74) is 0. The van der Waals surface area contributed by atoms with Crippen molar-refractivity contribution in [3.8, 4) is 0 Å². The van der Waals surface area contributed by atoms with Crippen LogP contribution in [0.3, 0.4) is 0 Å². The van der Waals surface area contributed by atoms with Crippen molar-refractivity contribution in [3.63, 3.8) is 0 Å². The molecule has 2 rings (SSSR count). The molecule has 1 N–H and O–H groups in total. The first kappa shape index (κ1) is 13.4. The van der Waals surface area contributed by atoms with Gasteiger partial charge in [0.2, 0.25) is 0 Å². The predicted octanol–water partition coefficient (Wildman–Crippen LogP) is 2.89. The quantitative estimate of drug-likeness (QED) is 0.765. The normalized spacial score (nSPS) is 31.1. The first-order chi connectivity index (χ1) is 8.19. The van der Waals surface area contributed by atoms with E-state index in [4.69, 9.17) is 0 Å². The van der Waals surface area contributed by atoms with Crippen LogP contribution in [0.2, 0.25) is 0 Å². The average molecular weight is 238 g/mol. The standard InChI is InChI=1S/C15H30N2/c1-4-14-11-17(8-7-13-5-6-13)15(10-16-14)9-12(2)3/h12-16H,4-11H2,1-3H3. The van der Waals surface area contributed by atoms with Gasteiger partial charge in [0.05, 0.1) is 0 Å². The molecule has 0 radical (unpaired) electrons. The van der Waals surface area contributed by atoms with E-state index in [9.17, 15) is 0 Å². The van der Waals surface area contributed by atoms with Gasteiger partial charge in [0.15, 0.2) is 0 Å². The Morgan fingerprint density at radius 1 is 1.29 bits per heavy atom. The first-order valence-electron chi connectivity index (χ1n) is 7.66. The number of rotatable bonds is 6. The summed E-state index contributed by atoms with van der Waals surface area (Å²) in [6, 6.07) is 1.52. The molecule has 0 aromatic rings. The summed E-state index contributed by atoms with van der Waals surface area (Å²) >= 11 is 0. The summed E-state index contributed by atoms with van der Waals surface area (Å²) in [5.74, 6) is 1.90. The highest BCUT2D eigenvalue weighted by atomic mass is 15.2. The van der Waals surface area contributed by atoms with Gasteiger partial charge in [-0.1, -0.05) is 33.6 Å². The van der Waals surface area contributed by atoms with Crippen molar-refractivity contribution < 1.29 is 0 Å². The van der Waals surface area contributed by atoms with Crippen LogP contribution in [0, 0.1) is 11.8 Å². The van der Waals surface area contributed by atoms with E-state index in [-0.39, 0.29) is 0 Å². The van der Waals surface area contributed by atoms with Crippen LogP contribution in [0.1, 0.15) is 52.9 Å². The van der Waals surface area contributed by atoms with Crippen LogP contribution < -0.4 is 5.32 Å². The smallest absolute Gasteiger partial charge is 0.0223 e. The lowest BCUT2D eigenvalue weighted by atomic mass is 9.98. The van der Waals surface area contributed by atoms with Gasteiger partial charge >= 0.3 is 0 Å². The Hall–Kier alpha value is -0.0800. The fourth-order valence-corrected chi connectivity index (χ4v) is 3.01. The van der Waals surface area contributed by atoms with Gasteiger partial charge in [0.1, 0.15) is 0 Å². The monoisotopic (exact) mass is 238 g/mol. The van der Waals surface area contributed by atoms with Crippen molar-refractivity contribution in [1.29, 1.82) is 0 Å². The molecule has 2 aliphatic rings. The Morgan fingerprint density at radius 2 is 2.06 bits per heavy atom. The Kier molecular flexibility index (Phi) is 4.87. The molecule has 17 heavy (non-hydrogen) atoms. The lowest BCUT2D eigenvalue weighted by Crippen LogP contribution is -2.56. The van der Waals surface area contributed by atoms with Crippen LogP contribution in [0.15, 0.2) is 0 Å². The zero-order chi connectivity index (χ0) is 12.3. The van der Waals surface area contributed by atoms with Crippen LogP contribution in [0.25, 0.3) is 0 Å². The number of hydrogen-bond donors (Lipinski definition) is 1. The van der Waals surface area contributed by atoms with Crippen molar-refractivity contribution >= 4 is 0 Å². The van der Waals surface area contributed by atoms with Gasteiger partial charge in [0, 0.05) is 25.2 Å². The second-order valence-corrected chi connectivity index (χ2v) is 6.52. The molecule has 2 nitrogen and oxygen atoms in total. The highest BCUT2D eigenvalue weighted by Gasteiger charge is 2.29. The van der Waals surface area contributed by atoms with Crippen molar-refractivity contribution in [2.24, 2.45) is 11.8 Å². The minimum Gasteiger partial charge on any atom is -0.311 e. The summed E-state index contributed by atoms with van der Waals surface area (Å²) in [4.78, 5) is 2.78. The largest absolute Gasteiger partial charge is 0.311 e. The molecule has 1 aliphatic heterocycles. The van der Waals surface area contributed by atoms with E-state index in [1.165, 1.54) is 51.7 Å². The highest BCUT2D eigenvalue weighted by Crippen LogP contribution is 2.33. The molecule has 2 atom stereocenters. The predicted molar refractivity (Wildman–Crippen MR) is 74.2 cm³/mol. The Bertz CT molecular complexity index is 223. The number of nitrogens with one attached hydrogen (secondary N) is 1. The molecule has 2 fully saturated rings. The van der Waals surface area contributed by atoms with Gasteiger partial charge in [-0.2, -0.15) is 0 Å². The molecule has 2 heteroatoms. The summed E-state index contributed by atoms with van der Waals surface area (Å²) in [7, 11) is 0. The van der Waals surface area contributed by atoms with Gasteiger partial charge in [0.25, 0.3) is 0 Å². The average Bonchev–Trinajstić information content (AvgIpc) is 3.11. The molecule has 0 bridgehead atoms. The third kappa shape index (κ3) is 4.26. The summed E-state index contributed by atoms with van der Waals surface area (Å²) in [6.45, 7) is 10.8. The summed E-state index contributed by atoms with van der Waals surface area (Å²) < 4.78 is 0. The maximum Gasteiger partial charge on any atom is 0.0223 e. The molecule has 0 amide bonds. The van der Waals surface area contributed by atoms with E-state index >= 15 is 0 Å². The van der Waals surface area contributed by atoms with Crippen molar-refractivity contribution in [2.45, 2.75) is 65.0 Å². The zero-order valence-corrected chi connectivity index (χ0v) is 11.9. The third-order valence-electron chi connectivity index (χ3n) is 4.37. The second kappa shape index (κ2) is 6.19. The van der Waals surface area contributed by atoms with Crippen LogP contribution in [-0.4, -0.2) is 36.6 Å². The molecule has 1 heterocycles. The Morgan fingerprint density at radius 3 is 2.65 bits per heavy atom. The number of hydrogen-bond acceptors (Lipinski definition) is 2. The molecule has 1 aliphatic carbocycles. The van der Waals surface area contributed by atoms with Crippen molar-refractivity contribution in [1.82, 2.24) is 10.2 Å². The number of nitrogens with zero attached hydrogens (tertiary/aromatic N) is 1. The van der Waals surface area contributed by atoms with E-state index in [1.54, 1.807) is 0 Å². The van der Waals surface area contributed by atoms with Crippen LogP contribution in [0.5, 0.6) is 0 Å². The van der Waals surface area contributed by atoms with E-state index < -0.39 is 0 Å². The fraction of sp³-hybridized carbons (Fsp3) is 1.00. The molecule has 0 spiro atoms. The third-order valence-corrected chi connectivity index (χ3v) is 4.37. The van der Waals surface area contributed by atoms with E-state index in [0.717, 1.165) is 23.9 Å². The molecule has 0 aromatic heterocycles. The van der Waals surface area contributed by atoms with Crippen LogP contribution in [0.4, 0.5) is 0 Å². The summed E-state index contributed by atoms with van der Waals surface area (Å²) in [5, 5.41) is 3.72. The van der Waals surface area contributed by atoms with Crippen molar-refractivity contribution in [3.05, 3.63) is 0 Å². The van der Waals surface area contributed by atoms with Crippen LogP contribution >= 0.6 is 0 Å². The topological polar surface area (TPSA) is 15.3 Å². The van der Waals surface area contributed by atoms with Gasteiger partial charge in [-0.15, -0.1) is 0 Å². The zero-order valence-electron chi connectivity index (χ0n) is 11.9. The van der Waals surface area contributed by atoms with Crippen molar-refractivity contribution in [2.75, 3.05) is 19.6 Å². The number of piperazine rings is 1. The van der Waals surface area contributed by atoms with E-state index in [1.807, 2.05) is 0 Å². The first-order valence-corrected chi connectivity index (χ1v) is 7.66. The molecule has 1 saturated heterocycles. The Labute approximate surface area is 107 Å². The molecule has 2 unspecified atom stereocenters. The molecule has 100 valence electrons. The minimum absolute atomic E-state index is 0.734. The molecular weight excluding hydrogens is 208 g/mol. The van der Waals surface area contributed by atoms with Gasteiger partial charge in [-0.25, -0.2) is 0 Å². The van der Waals surface area contributed by atoms with Gasteiger partial charge in [-0.3, -0.25) is 4.90 Å². The Balaban J connectivity index is 1.82. The second-order valence-electron chi connectivity index (χ2n) is 6.52. The minimum atomic E-state index is 0.734. The fourth-order valence-electron chi connectivity index (χ4n) is 3.01. The van der Waals surface area contributed by atoms with E-state index in [2.05, 4.69) is 31.0 Å². The van der Waals surface area contributed by atoms with Gasteiger partial charge < -0.3 is 5.32 Å². The highest BCUT2D eigenvalue weighted by molar-refractivity contribution is 4.87. The maximum atomic E-state index is 3.72. The molecule has 1 saturated carbocycles. The maximum absolute atomic E-state index is 3.72. The lowest BCUT2D eigenvalue weighted by Gasteiger charge is -2.41. The SMILES string of the molecule is CCC1CN(CCC2CC2)C(CC(C)C)CN1. The summed E-state index contributed by atoms with van der Waals surface area (Å²) in [6.07, 6.45) is 7.07. The van der Waals surface area contributed by atoms with Crippen LogP contribution in [-0.2, 0) is 0 Å². The van der Waals surface area contributed by atoms with Gasteiger partial charge in [-0.05, 0) is 37.6 Å². The molecular formula is C15H30N2. The molecule has 0 aromatic carbocycles. The lowest BCUT2D eigenvalue weighted by molar-refractivity contribution is 0.109. The van der Waals surface area contributed by atoms with E-state index in [0.29, 0.717) is 0 Å².